The standard InChI is InChI=1S/C23H28N6/c1-17(2)19-7-9-20(10-8-19)25-23-26-22(16-24-27-23)29-13-11-28(12-14-29)21-6-4-5-18(3)15-21/h4-10,15-17H,11-14H2,1-3H3,(H,25,26,27). The Morgan fingerprint density at radius 3 is 2.34 bits per heavy atom. The summed E-state index contributed by atoms with van der Waals surface area (Å²) < 4.78 is 0. The first-order chi connectivity index (χ1) is 14.1. The van der Waals surface area contributed by atoms with Crippen molar-refractivity contribution in [2.45, 2.75) is 26.7 Å². The van der Waals surface area contributed by atoms with Crippen LogP contribution in [0, 0.1) is 6.92 Å². The molecule has 29 heavy (non-hydrogen) atoms. The Balaban J connectivity index is 1.40. The minimum absolute atomic E-state index is 0.517. The average molecular weight is 389 g/mol. The molecular formula is C23H28N6. The number of aromatic nitrogens is 3. The Kier molecular flexibility index (Phi) is 5.60. The SMILES string of the molecule is Cc1cccc(N2CCN(c3cnnc(Nc4ccc(C(C)C)cc4)n3)CC2)c1. The van der Waals surface area contributed by atoms with Crippen molar-refractivity contribution in [3.63, 3.8) is 0 Å². The van der Waals surface area contributed by atoms with Crippen LogP contribution in [0.4, 0.5) is 23.1 Å². The zero-order valence-corrected chi connectivity index (χ0v) is 17.3. The molecule has 6 heteroatoms. The molecule has 150 valence electrons. The van der Waals surface area contributed by atoms with Crippen molar-refractivity contribution in [3.8, 4) is 0 Å². The van der Waals surface area contributed by atoms with Crippen molar-refractivity contribution in [2.75, 3.05) is 41.3 Å². The molecule has 1 aromatic heterocycles. The van der Waals surface area contributed by atoms with E-state index in [4.69, 9.17) is 0 Å². The summed E-state index contributed by atoms with van der Waals surface area (Å²) in [6.07, 6.45) is 1.75. The van der Waals surface area contributed by atoms with Crippen molar-refractivity contribution in [1.82, 2.24) is 15.2 Å². The van der Waals surface area contributed by atoms with Gasteiger partial charge in [0.2, 0.25) is 5.95 Å². The van der Waals surface area contributed by atoms with Crippen LogP contribution in [0.5, 0.6) is 0 Å². The molecule has 1 N–H and O–H groups in total. The molecule has 2 aromatic carbocycles. The van der Waals surface area contributed by atoms with Gasteiger partial charge < -0.3 is 15.1 Å². The van der Waals surface area contributed by atoms with E-state index in [-0.39, 0.29) is 0 Å². The lowest BCUT2D eigenvalue weighted by Crippen LogP contribution is -2.47. The lowest BCUT2D eigenvalue weighted by molar-refractivity contribution is 0.644. The summed E-state index contributed by atoms with van der Waals surface area (Å²) >= 11 is 0. The Hall–Kier alpha value is -3.15. The molecule has 4 rings (SSSR count). The number of hydrogen-bond donors (Lipinski definition) is 1. The Labute approximate surface area is 172 Å². The monoisotopic (exact) mass is 388 g/mol. The van der Waals surface area contributed by atoms with E-state index >= 15 is 0 Å². The quantitative estimate of drug-likeness (QED) is 0.700. The number of anilines is 4. The van der Waals surface area contributed by atoms with E-state index in [0.29, 0.717) is 11.9 Å². The van der Waals surface area contributed by atoms with E-state index in [9.17, 15) is 0 Å². The van der Waals surface area contributed by atoms with Crippen LogP contribution in [0.25, 0.3) is 0 Å². The summed E-state index contributed by atoms with van der Waals surface area (Å²) in [5, 5.41) is 11.6. The van der Waals surface area contributed by atoms with Gasteiger partial charge in [0.05, 0.1) is 6.20 Å². The number of piperazine rings is 1. The molecule has 0 amide bonds. The maximum atomic E-state index is 4.68. The van der Waals surface area contributed by atoms with Crippen molar-refractivity contribution in [2.24, 2.45) is 0 Å². The second-order valence-corrected chi connectivity index (χ2v) is 7.85. The van der Waals surface area contributed by atoms with Crippen molar-refractivity contribution in [1.29, 1.82) is 0 Å². The van der Waals surface area contributed by atoms with Gasteiger partial charge in [0.25, 0.3) is 0 Å². The van der Waals surface area contributed by atoms with E-state index < -0.39 is 0 Å². The predicted molar refractivity (Wildman–Crippen MR) is 119 cm³/mol. The van der Waals surface area contributed by atoms with E-state index in [0.717, 1.165) is 37.7 Å². The third-order valence-corrected chi connectivity index (χ3v) is 5.35. The molecule has 0 atom stereocenters. The Morgan fingerprint density at radius 1 is 0.931 bits per heavy atom. The fraction of sp³-hybridized carbons (Fsp3) is 0.348. The van der Waals surface area contributed by atoms with Gasteiger partial charge in [-0.1, -0.05) is 38.1 Å². The second-order valence-electron chi connectivity index (χ2n) is 7.85. The van der Waals surface area contributed by atoms with Crippen molar-refractivity contribution in [3.05, 3.63) is 65.9 Å². The van der Waals surface area contributed by atoms with Gasteiger partial charge >= 0.3 is 0 Å². The van der Waals surface area contributed by atoms with Gasteiger partial charge in [0.15, 0.2) is 5.82 Å². The van der Waals surface area contributed by atoms with Crippen LogP contribution in [0.1, 0.15) is 30.9 Å². The van der Waals surface area contributed by atoms with Gasteiger partial charge in [0, 0.05) is 37.6 Å². The summed E-state index contributed by atoms with van der Waals surface area (Å²) in [7, 11) is 0. The summed E-state index contributed by atoms with van der Waals surface area (Å²) in [4.78, 5) is 9.38. The highest BCUT2D eigenvalue weighted by Crippen LogP contribution is 2.22. The van der Waals surface area contributed by atoms with E-state index in [2.05, 4.69) is 99.6 Å². The second kappa shape index (κ2) is 8.47. The van der Waals surface area contributed by atoms with Crippen LogP contribution in [0.2, 0.25) is 0 Å². The molecule has 1 fully saturated rings. The molecule has 0 spiro atoms. The third-order valence-electron chi connectivity index (χ3n) is 5.35. The number of nitrogens with zero attached hydrogens (tertiary/aromatic N) is 5. The van der Waals surface area contributed by atoms with Gasteiger partial charge in [-0.05, 0) is 48.2 Å². The summed E-state index contributed by atoms with van der Waals surface area (Å²) in [6, 6.07) is 17.1. The van der Waals surface area contributed by atoms with Gasteiger partial charge in [-0.2, -0.15) is 10.1 Å². The minimum atomic E-state index is 0.517. The highest BCUT2D eigenvalue weighted by atomic mass is 15.3. The molecule has 2 heterocycles. The molecule has 1 saturated heterocycles. The number of rotatable bonds is 5. The van der Waals surface area contributed by atoms with Crippen LogP contribution in [0.3, 0.4) is 0 Å². The first-order valence-electron chi connectivity index (χ1n) is 10.2. The number of nitrogens with one attached hydrogen (secondary N) is 1. The van der Waals surface area contributed by atoms with Crippen LogP contribution >= 0.6 is 0 Å². The lowest BCUT2D eigenvalue weighted by atomic mass is 10.0. The molecule has 0 saturated carbocycles. The number of aryl methyl sites for hydroxylation is 1. The van der Waals surface area contributed by atoms with Gasteiger partial charge in [0.1, 0.15) is 0 Å². The Morgan fingerprint density at radius 2 is 1.66 bits per heavy atom. The molecule has 0 bridgehead atoms. The predicted octanol–water partition coefficient (Wildman–Crippen LogP) is 4.37. The fourth-order valence-corrected chi connectivity index (χ4v) is 3.60. The largest absolute Gasteiger partial charge is 0.368 e. The van der Waals surface area contributed by atoms with Crippen LogP contribution in [0.15, 0.2) is 54.7 Å². The van der Waals surface area contributed by atoms with E-state index in [1.165, 1.54) is 16.8 Å². The van der Waals surface area contributed by atoms with Crippen LogP contribution < -0.4 is 15.1 Å². The summed E-state index contributed by atoms with van der Waals surface area (Å²) in [5.74, 6) is 1.91. The maximum Gasteiger partial charge on any atom is 0.249 e. The summed E-state index contributed by atoms with van der Waals surface area (Å²) in [6.45, 7) is 10.3. The van der Waals surface area contributed by atoms with Crippen LogP contribution in [-0.2, 0) is 0 Å². The Bertz CT molecular complexity index is 946. The average Bonchev–Trinajstić information content (AvgIpc) is 2.74. The van der Waals surface area contributed by atoms with E-state index in [1.807, 2.05) is 0 Å². The van der Waals surface area contributed by atoms with Crippen LogP contribution in [-0.4, -0.2) is 41.4 Å². The molecule has 6 nitrogen and oxygen atoms in total. The topological polar surface area (TPSA) is 57.2 Å². The third kappa shape index (κ3) is 4.65. The number of hydrogen-bond acceptors (Lipinski definition) is 6. The molecule has 0 aliphatic carbocycles. The first-order valence-corrected chi connectivity index (χ1v) is 10.2. The normalized spacial score (nSPS) is 14.3. The van der Waals surface area contributed by atoms with Gasteiger partial charge in [-0.15, -0.1) is 5.10 Å². The zero-order chi connectivity index (χ0) is 20.2. The fourth-order valence-electron chi connectivity index (χ4n) is 3.60. The van der Waals surface area contributed by atoms with Crippen molar-refractivity contribution < 1.29 is 0 Å². The molecule has 0 unspecified atom stereocenters. The first kappa shape index (κ1) is 19.2. The van der Waals surface area contributed by atoms with Gasteiger partial charge in [-0.25, -0.2) is 0 Å². The highest BCUT2D eigenvalue weighted by Gasteiger charge is 2.19. The highest BCUT2D eigenvalue weighted by molar-refractivity contribution is 5.56. The maximum absolute atomic E-state index is 4.68. The van der Waals surface area contributed by atoms with E-state index in [1.54, 1.807) is 6.20 Å². The molecule has 3 aromatic rings. The number of benzene rings is 2. The smallest absolute Gasteiger partial charge is 0.249 e. The molecular weight excluding hydrogens is 360 g/mol. The molecule has 1 aliphatic heterocycles. The minimum Gasteiger partial charge on any atom is -0.368 e. The zero-order valence-electron chi connectivity index (χ0n) is 17.3. The summed E-state index contributed by atoms with van der Waals surface area (Å²) in [5.41, 5.74) is 4.87. The van der Waals surface area contributed by atoms with Gasteiger partial charge in [-0.3, -0.25) is 0 Å². The molecule has 0 radical (unpaired) electrons. The van der Waals surface area contributed by atoms with Crippen molar-refractivity contribution >= 4 is 23.1 Å². The lowest BCUT2D eigenvalue weighted by Gasteiger charge is -2.36. The molecule has 1 aliphatic rings.